The Morgan fingerprint density at radius 1 is 1.53 bits per heavy atom. The molecule has 0 radical (unpaired) electrons. The van der Waals surface area contributed by atoms with Gasteiger partial charge in [0.1, 0.15) is 0 Å². The second kappa shape index (κ2) is 3.29. The van der Waals surface area contributed by atoms with Gasteiger partial charge in [-0.05, 0) is 18.9 Å². The van der Waals surface area contributed by atoms with Gasteiger partial charge in [-0.2, -0.15) is 0 Å². The molecule has 1 fully saturated rings. The van der Waals surface area contributed by atoms with E-state index in [1.807, 2.05) is 0 Å². The Balaban J connectivity index is 1.97. The molecule has 1 amide bonds. The van der Waals surface area contributed by atoms with Gasteiger partial charge in [0.15, 0.2) is 0 Å². The van der Waals surface area contributed by atoms with E-state index in [0.29, 0.717) is 17.7 Å². The summed E-state index contributed by atoms with van der Waals surface area (Å²) in [5, 5.41) is 2.82. The molecule has 88 valence electrons. The fourth-order valence-electron chi connectivity index (χ4n) is 2.18. The van der Waals surface area contributed by atoms with Crippen LogP contribution in [0, 0.1) is 5.41 Å². The molecule has 2 aliphatic rings. The van der Waals surface area contributed by atoms with Gasteiger partial charge < -0.3 is 10.1 Å². The van der Waals surface area contributed by atoms with Crippen LogP contribution in [0.4, 0.5) is 5.69 Å². The Bertz CT molecular complexity index is 520. The molecule has 1 aliphatic heterocycles. The van der Waals surface area contributed by atoms with Gasteiger partial charge in [0.2, 0.25) is 5.91 Å². The molecule has 3 rings (SSSR count). The van der Waals surface area contributed by atoms with Crippen LogP contribution in [-0.4, -0.2) is 24.0 Å². The van der Waals surface area contributed by atoms with Crippen LogP contribution in [0.25, 0.3) is 0 Å². The molecule has 0 saturated heterocycles. The second-order valence-corrected chi connectivity index (χ2v) is 4.62. The Morgan fingerprint density at radius 3 is 2.94 bits per heavy atom. The Labute approximate surface area is 98.2 Å². The first kappa shape index (κ1) is 10.3. The number of carbonyl (C=O) groups is 2. The average molecular weight is 232 g/mol. The minimum absolute atomic E-state index is 0.0498. The van der Waals surface area contributed by atoms with Gasteiger partial charge in [-0.3, -0.25) is 9.78 Å². The molecular weight excluding hydrogens is 220 g/mol. The second-order valence-electron chi connectivity index (χ2n) is 4.62. The number of fused-ring (bicyclic) bond motifs is 1. The van der Waals surface area contributed by atoms with E-state index in [-0.39, 0.29) is 11.3 Å². The molecule has 17 heavy (non-hydrogen) atoms. The lowest BCUT2D eigenvalue weighted by molar-refractivity contribution is -0.121. The van der Waals surface area contributed by atoms with E-state index < -0.39 is 5.97 Å². The molecule has 5 nitrogen and oxygen atoms in total. The predicted octanol–water partition coefficient (Wildman–Crippen LogP) is 1.14. The first-order valence-corrected chi connectivity index (χ1v) is 5.53. The molecule has 2 heterocycles. The van der Waals surface area contributed by atoms with Crippen LogP contribution >= 0.6 is 0 Å². The summed E-state index contributed by atoms with van der Waals surface area (Å²) in [5.41, 5.74) is 1.63. The van der Waals surface area contributed by atoms with E-state index in [0.717, 1.165) is 18.5 Å². The summed E-state index contributed by atoms with van der Waals surface area (Å²) in [4.78, 5) is 27.4. The van der Waals surface area contributed by atoms with E-state index in [1.54, 1.807) is 6.07 Å². The maximum Gasteiger partial charge on any atom is 0.339 e. The third-order valence-corrected chi connectivity index (χ3v) is 3.48. The first-order chi connectivity index (χ1) is 8.14. The summed E-state index contributed by atoms with van der Waals surface area (Å²) in [6, 6.07) is 1.63. The van der Waals surface area contributed by atoms with Crippen LogP contribution in [0.5, 0.6) is 0 Å². The largest absolute Gasteiger partial charge is 0.465 e. The van der Waals surface area contributed by atoms with Gasteiger partial charge in [0.25, 0.3) is 0 Å². The van der Waals surface area contributed by atoms with Crippen molar-refractivity contribution in [3.63, 3.8) is 0 Å². The molecule has 0 aromatic carbocycles. The van der Waals surface area contributed by atoms with Crippen molar-refractivity contribution < 1.29 is 14.3 Å². The summed E-state index contributed by atoms with van der Waals surface area (Å²) in [6.45, 7) is 0. The molecule has 1 N–H and O–H groups in total. The van der Waals surface area contributed by atoms with E-state index >= 15 is 0 Å². The van der Waals surface area contributed by atoms with E-state index in [9.17, 15) is 9.59 Å². The molecule has 1 saturated carbocycles. The SMILES string of the molecule is COC(=O)c1cnc2c(c1)NC(=O)C1(CC1)C2. The molecule has 0 unspecified atom stereocenters. The van der Waals surface area contributed by atoms with Crippen molar-refractivity contribution in [2.45, 2.75) is 19.3 Å². The Morgan fingerprint density at radius 2 is 2.29 bits per heavy atom. The fourth-order valence-corrected chi connectivity index (χ4v) is 2.18. The monoisotopic (exact) mass is 232 g/mol. The molecule has 5 heteroatoms. The van der Waals surface area contributed by atoms with Gasteiger partial charge in [0, 0.05) is 12.6 Å². The smallest absolute Gasteiger partial charge is 0.339 e. The summed E-state index contributed by atoms with van der Waals surface area (Å²) < 4.78 is 4.62. The van der Waals surface area contributed by atoms with Crippen LogP contribution in [0.15, 0.2) is 12.3 Å². The third kappa shape index (κ3) is 1.50. The summed E-state index contributed by atoms with van der Waals surface area (Å²) in [7, 11) is 1.32. The number of aromatic nitrogens is 1. The first-order valence-electron chi connectivity index (χ1n) is 5.53. The Hall–Kier alpha value is -1.91. The number of pyridine rings is 1. The number of anilines is 1. The number of hydrogen-bond acceptors (Lipinski definition) is 4. The van der Waals surface area contributed by atoms with E-state index in [1.165, 1.54) is 13.3 Å². The van der Waals surface area contributed by atoms with Gasteiger partial charge in [-0.25, -0.2) is 4.79 Å². The highest BCUT2D eigenvalue weighted by Crippen LogP contribution is 2.51. The summed E-state index contributed by atoms with van der Waals surface area (Å²) in [5.74, 6) is -0.393. The van der Waals surface area contributed by atoms with E-state index in [4.69, 9.17) is 0 Å². The fraction of sp³-hybridized carbons (Fsp3) is 0.417. The molecule has 1 aromatic heterocycles. The topological polar surface area (TPSA) is 68.3 Å². The zero-order chi connectivity index (χ0) is 12.0. The molecule has 0 bridgehead atoms. The zero-order valence-corrected chi connectivity index (χ0v) is 9.45. The van der Waals surface area contributed by atoms with Crippen molar-refractivity contribution in [1.29, 1.82) is 0 Å². The van der Waals surface area contributed by atoms with Crippen molar-refractivity contribution in [1.82, 2.24) is 4.98 Å². The predicted molar refractivity (Wildman–Crippen MR) is 59.6 cm³/mol. The van der Waals surface area contributed by atoms with Crippen LogP contribution < -0.4 is 5.32 Å². The standard InChI is InChI=1S/C12H12N2O3/c1-17-10(15)7-4-8-9(13-6-7)5-12(2-3-12)11(16)14-8/h4,6H,2-3,5H2,1H3,(H,14,16). The van der Waals surface area contributed by atoms with Crippen molar-refractivity contribution in [2.75, 3.05) is 12.4 Å². The quantitative estimate of drug-likeness (QED) is 0.737. The summed E-state index contributed by atoms with van der Waals surface area (Å²) in [6.07, 6.45) is 4.03. The highest BCUT2D eigenvalue weighted by Gasteiger charge is 2.52. The lowest BCUT2D eigenvalue weighted by Crippen LogP contribution is -2.32. The maximum atomic E-state index is 11.8. The molecule has 1 aliphatic carbocycles. The van der Waals surface area contributed by atoms with Crippen LogP contribution in [0.2, 0.25) is 0 Å². The van der Waals surface area contributed by atoms with Crippen LogP contribution in [-0.2, 0) is 16.0 Å². The minimum Gasteiger partial charge on any atom is -0.465 e. The summed E-state index contributed by atoms with van der Waals surface area (Å²) >= 11 is 0. The number of esters is 1. The number of methoxy groups -OCH3 is 1. The van der Waals surface area contributed by atoms with Crippen LogP contribution in [0.1, 0.15) is 28.9 Å². The van der Waals surface area contributed by atoms with Gasteiger partial charge in [0.05, 0.1) is 29.5 Å². The lowest BCUT2D eigenvalue weighted by Gasteiger charge is -2.23. The van der Waals surface area contributed by atoms with Crippen molar-refractivity contribution in [3.8, 4) is 0 Å². The number of ether oxygens (including phenoxy) is 1. The minimum atomic E-state index is -0.443. The molecular formula is C12H12N2O3. The van der Waals surface area contributed by atoms with Gasteiger partial charge in [-0.15, -0.1) is 0 Å². The number of hydrogen-bond donors (Lipinski definition) is 1. The highest BCUT2D eigenvalue weighted by molar-refractivity contribution is 6.01. The normalized spacial score (nSPS) is 19.5. The highest BCUT2D eigenvalue weighted by atomic mass is 16.5. The molecule has 0 atom stereocenters. The van der Waals surface area contributed by atoms with Gasteiger partial charge >= 0.3 is 5.97 Å². The van der Waals surface area contributed by atoms with Crippen LogP contribution in [0.3, 0.4) is 0 Å². The molecule has 1 spiro atoms. The molecule has 1 aromatic rings. The third-order valence-electron chi connectivity index (χ3n) is 3.48. The zero-order valence-electron chi connectivity index (χ0n) is 9.45. The number of nitrogens with zero attached hydrogens (tertiary/aromatic N) is 1. The van der Waals surface area contributed by atoms with Crippen molar-refractivity contribution >= 4 is 17.6 Å². The Kier molecular flexibility index (Phi) is 1.98. The number of rotatable bonds is 1. The maximum absolute atomic E-state index is 11.8. The number of amides is 1. The van der Waals surface area contributed by atoms with Gasteiger partial charge in [-0.1, -0.05) is 0 Å². The van der Waals surface area contributed by atoms with E-state index in [2.05, 4.69) is 15.0 Å². The lowest BCUT2D eigenvalue weighted by atomic mass is 9.93. The van der Waals surface area contributed by atoms with Crippen molar-refractivity contribution in [3.05, 3.63) is 23.5 Å². The average Bonchev–Trinajstić information content (AvgIpc) is 3.10. The van der Waals surface area contributed by atoms with Crippen molar-refractivity contribution in [2.24, 2.45) is 5.41 Å². The number of carbonyl (C=O) groups excluding carboxylic acids is 2. The number of nitrogens with one attached hydrogen (secondary N) is 1.